The maximum atomic E-state index is 12.4. The highest BCUT2D eigenvalue weighted by Gasteiger charge is 2.08. The standard InChI is InChI=1S/C21H15N5O/c27-21-12-23-19-11-22-8-7-20(19)26(21)13-14-3-1-4-15(9-14)16-5-2-6-18-17(16)10-24-25-18/h1-12H,13H2,(H,24,25). The van der Waals surface area contributed by atoms with Crippen LogP contribution in [0.4, 0.5) is 0 Å². The fraction of sp³-hybridized carbons (Fsp3) is 0.0476. The molecule has 0 unspecified atom stereocenters. The molecular formula is C21H15N5O. The van der Waals surface area contributed by atoms with Crippen LogP contribution in [0.5, 0.6) is 0 Å². The van der Waals surface area contributed by atoms with Gasteiger partial charge in [-0.25, -0.2) is 4.98 Å². The summed E-state index contributed by atoms with van der Waals surface area (Å²) >= 11 is 0. The van der Waals surface area contributed by atoms with E-state index in [2.05, 4.69) is 38.4 Å². The Balaban J connectivity index is 1.61. The SMILES string of the molecule is O=c1cnc2cnccc2n1Cc1cccc(-c2cccc3[nH]ncc23)c1. The number of nitrogens with one attached hydrogen (secondary N) is 1. The van der Waals surface area contributed by atoms with Crippen LogP contribution in [0.25, 0.3) is 33.1 Å². The van der Waals surface area contributed by atoms with Crippen molar-refractivity contribution in [1.29, 1.82) is 0 Å². The second-order valence-corrected chi connectivity index (χ2v) is 6.38. The van der Waals surface area contributed by atoms with Crippen molar-refractivity contribution in [2.24, 2.45) is 0 Å². The van der Waals surface area contributed by atoms with Crippen molar-refractivity contribution >= 4 is 21.9 Å². The zero-order valence-electron chi connectivity index (χ0n) is 14.3. The van der Waals surface area contributed by atoms with Crippen molar-refractivity contribution in [2.75, 3.05) is 0 Å². The molecule has 0 bridgehead atoms. The third-order valence-electron chi connectivity index (χ3n) is 4.71. The molecule has 3 aromatic heterocycles. The largest absolute Gasteiger partial charge is 0.301 e. The summed E-state index contributed by atoms with van der Waals surface area (Å²) in [5, 5.41) is 8.22. The van der Waals surface area contributed by atoms with Crippen molar-refractivity contribution in [3.63, 3.8) is 0 Å². The molecule has 130 valence electrons. The van der Waals surface area contributed by atoms with E-state index in [-0.39, 0.29) is 5.56 Å². The fourth-order valence-corrected chi connectivity index (χ4v) is 3.42. The summed E-state index contributed by atoms with van der Waals surface area (Å²) in [7, 11) is 0. The predicted molar refractivity (Wildman–Crippen MR) is 104 cm³/mol. The molecule has 1 N–H and O–H groups in total. The maximum absolute atomic E-state index is 12.4. The van der Waals surface area contributed by atoms with E-state index in [1.54, 1.807) is 17.0 Å². The van der Waals surface area contributed by atoms with E-state index in [1.165, 1.54) is 6.20 Å². The average Bonchev–Trinajstić information content (AvgIpc) is 3.19. The van der Waals surface area contributed by atoms with Gasteiger partial charge in [0.25, 0.3) is 5.56 Å². The van der Waals surface area contributed by atoms with Crippen LogP contribution in [-0.4, -0.2) is 24.7 Å². The minimum atomic E-state index is -0.129. The number of nitrogens with zero attached hydrogens (tertiary/aromatic N) is 4. The first kappa shape index (κ1) is 15.5. The van der Waals surface area contributed by atoms with Gasteiger partial charge in [0.1, 0.15) is 5.52 Å². The summed E-state index contributed by atoms with van der Waals surface area (Å²) in [6, 6.07) is 16.1. The molecule has 27 heavy (non-hydrogen) atoms. The van der Waals surface area contributed by atoms with Gasteiger partial charge >= 0.3 is 0 Å². The molecule has 0 aliphatic rings. The normalized spacial score (nSPS) is 11.3. The molecule has 5 rings (SSSR count). The number of hydrogen-bond donors (Lipinski definition) is 1. The van der Waals surface area contributed by atoms with E-state index in [0.717, 1.165) is 33.1 Å². The van der Waals surface area contributed by atoms with Gasteiger partial charge in [0.05, 0.1) is 36.2 Å². The van der Waals surface area contributed by atoms with Gasteiger partial charge in [0.2, 0.25) is 0 Å². The van der Waals surface area contributed by atoms with E-state index in [9.17, 15) is 4.79 Å². The third kappa shape index (κ3) is 2.67. The Labute approximate surface area is 154 Å². The van der Waals surface area contributed by atoms with Crippen molar-refractivity contribution in [3.8, 4) is 11.1 Å². The van der Waals surface area contributed by atoms with Gasteiger partial charge in [0, 0.05) is 11.6 Å². The lowest BCUT2D eigenvalue weighted by atomic mass is 10.00. The molecule has 0 amide bonds. The smallest absolute Gasteiger partial charge is 0.269 e. The first-order valence-electron chi connectivity index (χ1n) is 8.60. The van der Waals surface area contributed by atoms with E-state index >= 15 is 0 Å². The van der Waals surface area contributed by atoms with Crippen LogP contribution in [0.3, 0.4) is 0 Å². The molecule has 3 heterocycles. The molecule has 5 aromatic rings. The van der Waals surface area contributed by atoms with E-state index in [4.69, 9.17) is 0 Å². The van der Waals surface area contributed by atoms with Gasteiger partial charge in [0.15, 0.2) is 0 Å². The van der Waals surface area contributed by atoms with Gasteiger partial charge in [-0.15, -0.1) is 0 Å². The molecule has 0 aliphatic carbocycles. The van der Waals surface area contributed by atoms with Crippen molar-refractivity contribution < 1.29 is 0 Å². The Morgan fingerprint density at radius 3 is 2.89 bits per heavy atom. The minimum absolute atomic E-state index is 0.129. The number of aromatic nitrogens is 5. The Kier molecular flexibility index (Phi) is 3.53. The maximum Gasteiger partial charge on any atom is 0.269 e. The Bertz CT molecular complexity index is 1340. The van der Waals surface area contributed by atoms with Crippen molar-refractivity contribution in [2.45, 2.75) is 6.54 Å². The Morgan fingerprint density at radius 1 is 1.00 bits per heavy atom. The van der Waals surface area contributed by atoms with E-state index in [1.807, 2.05) is 36.5 Å². The number of H-pyrrole nitrogens is 1. The summed E-state index contributed by atoms with van der Waals surface area (Å²) in [5.74, 6) is 0. The van der Waals surface area contributed by atoms with E-state index < -0.39 is 0 Å². The lowest BCUT2D eigenvalue weighted by Gasteiger charge is -2.11. The van der Waals surface area contributed by atoms with Crippen molar-refractivity contribution in [1.82, 2.24) is 24.7 Å². The summed E-state index contributed by atoms with van der Waals surface area (Å²) in [5.41, 5.74) is 5.60. The lowest BCUT2D eigenvalue weighted by molar-refractivity contribution is 0.786. The first-order chi connectivity index (χ1) is 13.3. The Hall–Kier alpha value is -3.80. The molecule has 0 spiro atoms. The number of benzene rings is 2. The summed E-state index contributed by atoms with van der Waals surface area (Å²) in [6.07, 6.45) is 6.53. The van der Waals surface area contributed by atoms with Crippen LogP contribution in [0.15, 0.2) is 78.1 Å². The van der Waals surface area contributed by atoms with Crippen LogP contribution in [0, 0.1) is 0 Å². The summed E-state index contributed by atoms with van der Waals surface area (Å²) in [4.78, 5) is 20.7. The topological polar surface area (TPSA) is 76.5 Å². The highest BCUT2D eigenvalue weighted by atomic mass is 16.1. The quantitative estimate of drug-likeness (QED) is 0.539. The van der Waals surface area contributed by atoms with Gasteiger partial charge < -0.3 is 4.57 Å². The number of hydrogen-bond acceptors (Lipinski definition) is 4. The molecule has 0 aliphatic heterocycles. The first-order valence-corrected chi connectivity index (χ1v) is 8.60. The number of aromatic amines is 1. The zero-order valence-corrected chi connectivity index (χ0v) is 14.3. The Morgan fingerprint density at radius 2 is 1.93 bits per heavy atom. The number of pyridine rings is 1. The predicted octanol–water partition coefficient (Wildman–Crippen LogP) is 3.38. The second kappa shape index (κ2) is 6.17. The van der Waals surface area contributed by atoms with Crippen LogP contribution in [0.1, 0.15) is 5.56 Å². The van der Waals surface area contributed by atoms with Crippen LogP contribution < -0.4 is 5.56 Å². The fourth-order valence-electron chi connectivity index (χ4n) is 3.42. The molecule has 0 fully saturated rings. The molecule has 0 radical (unpaired) electrons. The summed E-state index contributed by atoms with van der Waals surface area (Å²) in [6.45, 7) is 0.469. The zero-order chi connectivity index (χ0) is 18.2. The van der Waals surface area contributed by atoms with Crippen LogP contribution >= 0.6 is 0 Å². The molecule has 0 atom stereocenters. The second-order valence-electron chi connectivity index (χ2n) is 6.38. The monoisotopic (exact) mass is 353 g/mol. The van der Waals surface area contributed by atoms with Crippen molar-refractivity contribution in [3.05, 3.63) is 89.2 Å². The molecule has 0 saturated carbocycles. The van der Waals surface area contributed by atoms with Gasteiger partial charge in [-0.2, -0.15) is 5.10 Å². The van der Waals surface area contributed by atoms with Gasteiger partial charge in [-0.05, 0) is 34.9 Å². The highest BCUT2D eigenvalue weighted by Crippen LogP contribution is 2.28. The highest BCUT2D eigenvalue weighted by molar-refractivity contribution is 5.94. The average molecular weight is 353 g/mol. The molecule has 0 saturated heterocycles. The third-order valence-corrected chi connectivity index (χ3v) is 4.71. The lowest BCUT2D eigenvalue weighted by Crippen LogP contribution is -2.21. The molecular weight excluding hydrogens is 338 g/mol. The van der Waals surface area contributed by atoms with Crippen LogP contribution in [0.2, 0.25) is 0 Å². The molecule has 6 nitrogen and oxygen atoms in total. The molecule has 6 heteroatoms. The van der Waals surface area contributed by atoms with E-state index in [0.29, 0.717) is 12.1 Å². The minimum Gasteiger partial charge on any atom is -0.301 e. The number of rotatable bonds is 3. The van der Waals surface area contributed by atoms with Crippen LogP contribution in [-0.2, 0) is 6.54 Å². The summed E-state index contributed by atoms with van der Waals surface area (Å²) < 4.78 is 1.72. The van der Waals surface area contributed by atoms with Gasteiger partial charge in [-0.1, -0.05) is 30.3 Å². The van der Waals surface area contributed by atoms with Gasteiger partial charge in [-0.3, -0.25) is 14.9 Å². The molecule has 2 aromatic carbocycles. The number of fused-ring (bicyclic) bond motifs is 2.